The Balaban J connectivity index is 1.81. The van der Waals surface area contributed by atoms with Crippen LogP contribution in [-0.2, 0) is 26.3 Å². The summed E-state index contributed by atoms with van der Waals surface area (Å²) in [5.41, 5.74) is 2.65. The first-order chi connectivity index (χ1) is 19.2. The van der Waals surface area contributed by atoms with Gasteiger partial charge in [-0.1, -0.05) is 90.9 Å². The number of carbonyl (C=O) groups is 2. The summed E-state index contributed by atoms with van der Waals surface area (Å²) in [4.78, 5) is 29.0. The maximum absolute atomic E-state index is 14.3. The lowest BCUT2D eigenvalue weighted by Gasteiger charge is -2.36. The molecule has 2 N–H and O–H groups in total. The molecule has 1 amide bonds. The maximum atomic E-state index is 14.3. The van der Waals surface area contributed by atoms with Crippen molar-refractivity contribution in [3.8, 4) is 5.75 Å². The highest BCUT2D eigenvalue weighted by molar-refractivity contribution is 5.88. The Morgan fingerprint density at radius 3 is 2.32 bits per heavy atom. The van der Waals surface area contributed by atoms with Crippen LogP contribution in [-0.4, -0.2) is 53.8 Å². The first kappa shape index (κ1) is 31.0. The second-order valence-corrected chi connectivity index (χ2v) is 13.9. The van der Waals surface area contributed by atoms with E-state index in [2.05, 4.69) is 65.9 Å². The molecule has 7 heteroatoms. The molecule has 2 aliphatic heterocycles. The van der Waals surface area contributed by atoms with E-state index in [1.54, 1.807) is 12.0 Å². The summed E-state index contributed by atoms with van der Waals surface area (Å²) in [6.45, 7) is 15.8. The van der Waals surface area contributed by atoms with Crippen LogP contribution in [0.1, 0.15) is 84.0 Å². The van der Waals surface area contributed by atoms with E-state index in [-0.39, 0.29) is 23.3 Å². The van der Waals surface area contributed by atoms with E-state index in [4.69, 9.17) is 9.47 Å². The quantitative estimate of drug-likeness (QED) is 0.431. The number of hydrogen-bond donors (Lipinski definition) is 2. The van der Waals surface area contributed by atoms with Crippen LogP contribution >= 0.6 is 0 Å². The molecule has 224 valence electrons. The van der Waals surface area contributed by atoms with Gasteiger partial charge in [-0.05, 0) is 46.8 Å². The van der Waals surface area contributed by atoms with Crippen LogP contribution in [0.2, 0.25) is 0 Å². The molecular formula is C34H48N2O5. The first-order valence-electron chi connectivity index (χ1n) is 14.9. The maximum Gasteiger partial charge on any atom is 0.326 e. The molecule has 2 unspecified atom stereocenters. The Morgan fingerprint density at radius 2 is 1.76 bits per heavy atom. The molecule has 4 rings (SSSR count). The standard InChI is InChI=1S/C34H48N2O5/c1-21-16-17-41-26(18-21)31(37)36-29(22-12-10-9-11-13-22)28(27(34(5,6)7)30(36)32(38)39)35-20-23-19-24(33(2,3)4)14-15-25(23)40-8/h9-15,19,21,26-30,35H,16-18,20H2,1-8H3,(H,38,39)/t21?,26?,27-,28-,29-,30-/m0/s1. The fourth-order valence-corrected chi connectivity index (χ4v) is 6.64. The molecule has 0 radical (unpaired) electrons. The Morgan fingerprint density at radius 1 is 1.07 bits per heavy atom. The molecular weight excluding hydrogens is 516 g/mol. The van der Waals surface area contributed by atoms with Crippen molar-refractivity contribution in [3.63, 3.8) is 0 Å². The molecule has 0 saturated carbocycles. The van der Waals surface area contributed by atoms with Crippen LogP contribution in [0.4, 0.5) is 0 Å². The van der Waals surface area contributed by atoms with Crippen molar-refractivity contribution in [1.82, 2.24) is 10.2 Å². The van der Waals surface area contributed by atoms with Crippen LogP contribution in [0, 0.1) is 17.3 Å². The first-order valence-corrected chi connectivity index (χ1v) is 14.9. The predicted octanol–water partition coefficient (Wildman–Crippen LogP) is 5.97. The van der Waals surface area contributed by atoms with Gasteiger partial charge in [-0.25, -0.2) is 4.79 Å². The number of carboxylic acid groups (broad SMARTS) is 1. The van der Waals surface area contributed by atoms with Gasteiger partial charge in [0.15, 0.2) is 0 Å². The minimum absolute atomic E-state index is 0.0380. The third-order valence-electron chi connectivity index (χ3n) is 8.81. The molecule has 2 aliphatic rings. The van der Waals surface area contributed by atoms with E-state index in [0.717, 1.165) is 23.3 Å². The van der Waals surface area contributed by atoms with E-state index in [9.17, 15) is 14.7 Å². The topological polar surface area (TPSA) is 88.1 Å². The van der Waals surface area contributed by atoms with Gasteiger partial charge in [-0.15, -0.1) is 0 Å². The number of likely N-dealkylation sites (tertiary alicyclic amines) is 1. The van der Waals surface area contributed by atoms with E-state index in [0.29, 0.717) is 25.5 Å². The molecule has 2 aromatic carbocycles. The number of carbonyl (C=O) groups excluding carboxylic acids is 1. The zero-order valence-corrected chi connectivity index (χ0v) is 25.9. The van der Waals surface area contributed by atoms with Crippen molar-refractivity contribution in [3.05, 3.63) is 65.2 Å². The van der Waals surface area contributed by atoms with Gasteiger partial charge in [0.25, 0.3) is 5.91 Å². The van der Waals surface area contributed by atoms with E-state index >= 15 is 0 Å². The monoisotopic (exact) mass is 564 g/mol. The molecule has 2 aromatic rings. The zero-order valence-electron chi connectivity index (χ0n) is 25.9. The zero-order chi connectivity index (χ0) is 30.1. The smallest absolute Gasteiger partial charge is 0.326 e. The van der Waals surface area contributed by atoms with Crippen LogP contribution < -0.4 is 10.1 Å². The van der Waals surface area contributed by atoms with Crippen molar-refractivity contribution in [2.45, 2.75) is 97.5 Å². The molecule has 6 atom stereocenters. The van der Waals surface area contributed by atoms with Crippen LogP contribution in [0.3, 0.4) is 0 Å². The molecule has 2 saturated heterocycles. The van der Waals surface area contributed by atoms with Crippen molar-refractivity contribution in [2.75, 3.05) is 13.7 Å². The summed E-state index contributed by atoms with van der Waals surface area (Å²) in [7, 11) is 1.67. The second kappa shape index (κ2) is 12.1. The van der Waals surface area contributed by atoms with Crippen molar-refractivity contribution in [1.29, 1.82) is 0 Å². The SMILES string of the molecule is COc1ccc(C(C)(C)C)cc1CN[C@H]1[C@H](C(C)(C)C)[C@@H](C(=O)O)N(C(=O)C2CC(C)CCO2)[C@H]1c1ccccc1. The van der Waals surface area contributed by atoms with Crippen LogP contribution in [0.15, 0.2) is 48.5 Å². The number of benzene rings is 2. The van der Waals surface area contributed by atoms with Crippen molar-refractivity contribution < 1.29 is 24.2 Å². The summed E-state index contributed by atoms with van der Waals surface area (Å²) in [6, 6.07) is 14.3. The Labute approximate surface area is 245 Å². The fourth-order valence-electron chi connectivity index (χ4n) is 6.64. The van der Waals surface area contributed by atoms with E-state index in [1.165, 1.54) is 5.56 Å². The lowest BCUT2D eigenvalue weighted by molar-refractivity contribution is -0.160. The predicted molar refractivity (Wildman–Crippen MR) is 161 cm³/mol. The largest absolute Gasteiger partial charge is 0.496 e. The van der Waals surface area contributed by atoms with Gasteiger partial charge in [0.1, 0.15) is 17.9 Å². The number of ether oxygens (including phenoxy) is 2. The molecule has 41 heavy (non-hydrogen) atoms. The number of aliphatic carboxylic acids is 1. The Hall–Kier alpha value is -2.90. The lowest BCUT2D eigenvalue weighted by Crippen LogP contribution is -2.51. The lowest BCUT2D eigenvalue weighted by atomic mass is 9.72. The highest BCUT2D eigenvalue weighted by Gasteiger charge is 2.58. The number of rotatable bonds is 7. The Kier molecular flexibility index (Phi) is 9.19. The van der Waals surface area contributed by atoms with Gasteiger partial charge in [0, 0.05) is 30.7 Å². The number of amides is 1. The van der Waals surface area contributed by atoms with Gasteiger partial charge < -0.3 is 24.8 Å². The molecule has 0 bridgehead atoms. The van der Waals surface area contributed by atoms with Gasteiger partial charge in [0.05, 0.1) is 13.2 Å². The summed E-state index contributed by atoms with van der Waals surface area (Å²) in [5.74, 6) is -0.469. The summed E-state index contributed by atoms with van der Waals surface area (Å²) in [5, 5.41) is 14.5. The number of nitrogens with zero attached hydrogens (tertiary/aromatic N) is 1. The summed E-state index contributed by atoms with van der Waals surface area (Å²) < 4.78 is 11.7. The third-order valence-corrected chi connectivity index (χ3v) is 8.81. The van der Waals surface area contributed by atoms with Crippen molar-refractivity contribution >= 4 is 11.9 Å². The molecule has 0 spiro atoms. The van der Waals surface area contributed by atoms with Gasteiger partial charge in [-0.3, -0.25) is 4.79 Å². The minimum Gasteiger partial charge on any atom is -0.496 e. The normalized spacial score (nSPS) is 27.1. The summed E-state index contributed by atoms with van der Waals surface area (Å²) in [6.07, 6.45) is 0.853. The molecule has 0 aromatic heterocycles. The van der Waals surface area contributed by atoms with E-state index in [1.807, 2.05) is 36.4 Å². The Bertz CT molecular complexity index is 1220. The van der Waals surface area contributed by atoms with Crippen molar-refractivity contribution in [2.24, 2.45) is 17.3 Å². The molecule has 7 nitrogen and oxygen atoms in total. The van der Waals surface area contributed by atoms with Crippen LogP contribution in [0.5, 0.6) is 5.75 Å². The molecule has 0 aliphatic carbocycles. The number of hydrogen-bond acceptors (Lipinski definition) is 5. The highest BCUT2D eigenvalue weighted by atomic mass is 16.5. The van der Waals surface area contributed by atoms with E-state index < -0.39 is 29.6 Å². The molecule has 2 heterocycles. The third kappa shape index (κ3) is 6.62. The average Bonchev–Trinajstić information content (AvgIpc) is 3.27. The fraction of sp³-hybridized carbons (Fsp3) is 0.588. The van der Waals surface area contributed by atoms with Gasteiger partial charge in [-0.2, -0.15) is 0 Å². The summed E-state index contributed by atoms with van der Waals surface area (Å²) >= 11 is 0. The number of carboxylic acids is 1. The van der Waals surface area contributed by atoms with Gasteiger partial charge in [0.2, 0.25) is 0 Å². The van der Waals surface area contributed by atoms with Crippen LogP contribution in [0.25, 0.3) is 0 Å². The second-order valence-electron chi connectivity index (χ2n) is 13.9. The highest BCUT2D eigenvalue weighted by Crippen LogP contribution is 2.49. The number of methoxy groups -OCH3 is 1. The number of nitrogens with one attached hydrogen (secondary N) is 1. The molecule has 2 fully saturated rings. The average molecular weight is 565 g/mol. The van der Waals surface area contributed by atoms with Gasteiger partial charge >= 0.3 is 5.97 Å². The minimum atomic E-state index is -1.01.